The van der Waals surface area contributed by atoms with Gasteiger partial charge in [0.2, 0.25) is 0 Å². The fourth-order valence-corrected chi connectivity index (χ4v) is 1.91. The number of hydrogen-bond acceptors (Lipinski definition) is 3. The van der Waals surface area contributed by atoms with E-state index in [1.165, 1.54) is 24.3 Å². The predicted octanol–water partition coefficient (Wildman–Crippen LogP) is 3.46. The Bertz CT molecular complexity index is 744. The van der Waals surface area contributed by atoms with Gasteiger partial charge in [-0.2, -0.15) is 0 Å². The van der Waals surface area contributed by atoms with Gasteiger partial charge in [0.15, 0.2) is 0 Å². The lowest BCUT2D eigenvalue weighted by Gasteiger charge is -2.05. The maximum absolute atomic E-state index is 13.6. The summed E-state index contributed by atoms with van der Waals surface area (Å²) in [5, 5.41) is 11.4. The van der Waals surface area contributed by atoms with Crippen LogP contribution in [-0.2, 0) is 11.3 Å². The molecule has 0 saturated heterocycles. The zero-order valence-corrected chi connectivity index (χ0v) is 12.7. The van der Waals surface area contributed by atoms with Gasteiger partial charge in [0, 0.05) is 12.1 Å². The second kappa shape index (κ2) is 8.47. The Balaban J connectivity index is 1.81. The minimum absolute atomic E-state index is 0.00807. The highest BCUT2D eigenvalue weighted by atomic mass is 19.1. The smallest absolute Gasteiger partial charge is 0.407 e. The van der Waals surface area contributed by atoms with Gasteiger partial charge >= 0.3 is 12.1 Å². The molecular weight excluding hydrogens is 313 g/mol. The van der Waals surface area contributed by atoms with Crippen LogP contribution in [0.4, 0.5) is 9.18 Å². The molecule has 2 aromatic carbocycles. The van der Waals surface area contributed by atoms with Crippen molar-refractivity contribution in [3.8, 4) is 0 Å². The number of ether oxygens (including phenoxy) is 1. The highest BCUT2D eigenvalue weighted by Gasteiger charge is 2.06. The van der Waals surface area contributed by atoms with Crippen LogP contribution in [0.1, 0.15) is 21.5 Å². The summed E-state index contributed by atoms with van der Waals surface area (Å²) in [4.78, 5) is 22.4. The van der Waals surface area contributed by atoms with Crippen LogP contribution in [0, 0.1) is 5.82 Å². The van der Waals surface area contributed by atoms with E-state index in [0.717, 1.165) is 11.6 Å². The molecule has 0 saturated carbocycles. The summed E-state index contributed by atoms with van der Waals surface area (Å²) in [7, 11) is 0. The van der Waals surface area contributed by atoms with Crippen molar-refractivity contribution in [3.63, 3.8) is 0 Å². The number of carboxylic acid groups (broad SMARTS) is 1. The van der Waals surface area contributed by atoms with Gasteiger partial charge in [-0.3, -0.25) is 0 Å². The van der Waals surface area contributed by atoms with Crippen LogP contribution in [0.5, 0.6) is 0 Å². The van der Waals surface area contributed by atoms with Crippen molar-refractivity contribution in [3.05, 3.63) is 77.1 Å². The fourth-order valence-electron chi connectivity index (χ4n) is 1.91. The molecule has 5 nitrogen and oxygen atoms in total. The normalized spacial score (nSPS) is 10.5. The van der Waals surface area contributed by atoms with Gasteiger partial charge in [-0.05, 0) is 23.8 Å². The Hall–Kier alpha value is -3.15. The topological polar surface area (TPSA) is 75.6 Å². The lowest BCUT2D eigenvalue weighted by atomic mass is 10.1. The van der Waals surface area contributed by atoms with Crippen molar-refractivity contribution < 1.29 is 23.8 Å². The van der Waals surface area contributed by atoms with Crippen LogP contribution in [0.3, 0.4) is 0 Å². The molecule has 124 valence electrons. The molecule has 0 atom stereocenters. The molecule has 0 aliphatic carbocycles. The van der Waals surface area contributed by atoms with Crippen molar-refractivity contribution in [1.29, 1.82) is 0 Å². The molecule has 0 heterocycles. The number of carboxylic acids is 1. The molecule has 0 bridgehead atoms. The molecule has 2 N–H and O–H groups in total. The molecule has 1 amide bonds. The fraction of sp³-hybridized carbons (Fsp3) is 0.111. The first-order valence-electron chi connectivity index (χ1n) is 7.20. The molecule has 2 aromatic rings. The van der Waals surface area contributed by atoms with Gasteiger partial charge < -0.3 is 15.2 Å². The summed E-state index contributed by atoms with van der Waals surface area (Å²) in [6, 6.07) is 12.7. The summed E-state index contributed by atoms with van der Waals surface area (Å²) in [5.74, 6) is -1.67. The quantitative estimate of drug-likeness (QED) is 0.851. The number of benzene rings is 2. The van der Waals surface area contributed by atoms with Crippen LogP contribution in [0.15, 0.2) is 54.6 Å². The summed E-state index contributed by atoms with van der Waals surface area (Å²) >= 11 is 0. The highest BCUT2D eigenvalue weighted by Crippen LogP contribution is 2.12. The molecule has 0 fully saturated rings. The van der Waals surface area contributed by atoms with E-state index in [9.17, 15) is 14.0 Å². The average Bonchev–Trinajstić information content (AvgIpc) is 2.59. The van der Waals surface area contributed by atoms with E-state index in [2.05, 4.69) is 5.32 Å². The summed E-state index contributed by atoms with van der Waals surface area (Å²) in [6.45, 7) is 0.288. The molecule has 0 spiro atoms. The van der Waals surface area contributed by atoms with Crippen LogP contribution in [0.2, 0.25) is 0 Å². The van der Waals surface area contributed by atoms with Crippen LogP contribution in [-0.4, -0.2) is 23.7 Å². The Labute approximate surface area is 138 Å². The van der Waals surface area contributed by atoms with Crippen LogP contribution >= 0.6 is 0 Å². The number of rotatable bonds is 6. The van der Waals surface area contributed by atoms with Crippen LogP contribution < -0.4 is 5.32 Å². The third-order valence-electron chi connectivity index (χ3n) is 3.12. The van der Waals surface area contributed by atoms with E-state index in [4.69, 9.17) is 9.84 Å². The van der Waals surface area contributed by atoms with E-state index in [1.54, 1.807) is 0 Å². The van der Waals surface area contributed by atoms with Crippen molar-refractivity contribution in [2.75, 3.05) is 6.54 Å². The predicted molar refractivity (Wildman–Crippen MR) is 87.0 cm³/mol. The summed E-state index contributed by atoms with van der Waals surface area (Å²) in [5.41, 5.74) is 0.997. The Morgan fingerprint density at radius 2 is 1.92 bits per heavy atom. The summed E-state index contributed by atoms with van der Waals surface area (Å²) < 4.78 is 18.6. The number of carbonyl (C=O) groups excluding carboxylic acids is 1. The summed E-state index contributed by atoms with van der Waals surface area (Å²) in [6.07, 6.45) is 2.32. The minimum Gasteiger partial charge on any atom is -0.478 e. The molecule has 0 aromatic heterocycles. The number of aromatic carboxylic acids is 1. The third-order valence-corrected chi connectivity index (χ3v) is 3.12. The monoisotopic (exact) mass is 329 g/mol. The van der Waals surface area contributed by atoms with Crippen LogP contribution in [0.25, 0.3) is 6.08 Å². The molecule has 2 rings (SSSR count). The zero-order valence-electron chi connectivity index (χ0n) is 12.7. The van der Waals surface area contributed by atoms with Gasteiger partial charge in [-0.1, -0.05) is 42.5 Å². The molecule has 0 aliphatic rings. The van der Waals surface area contributed by atoms with E-state index in [-0.39, 0.29) is 24.3 Å². The Morgan fingerprint density at radius 3 is 2.62 bits per heavy atom. The number of nitrogens with one attached hydrogen (secondary N) is 1. The number of hydrogen-bond donors (Lipinski definition) is 2. The SMILES string of the molecule is O=C(NCC=Cc1cc(C(=O)O)ccc1F)OCc1ccccc1. The van der Waals surface area contributed by atoms with Gasteiger partial charge in [0.05, 0.1) is 5.56 Å². The average molecular weight is 329 g/mol. The second-order valence-electron chi connectivity index (χ2n) is 4.89. The first-order valence-corrected chi connectivity index (χ1v) is 7.20. The Kier molecular flexibility index (Phi) is 6.08. The van der Waals surface area contributed by atoms with Crippen molar-refractivity contribution in [1.82, 2.24) is 5.32 Å². The standard InChI is InChI=1S/C18H16FNO4/c19-16-9-8-15(17(21)22)11-14(16)7-4-10-20-18(23)24-12-13-5-2-1-3-6-13/h1-9,11H,10,12H2,(H,20,23)(H,21,22). The maximum Gasteiger partial charge on any atom is 0.407 e. The maximum atomic E-state index is 13.6. The first kappa shape index (κ1) is 17.2. The van der Waals surface area contributed by atoms with E-state index < -0.39 is 17.9 Å². The van der Waals surface area contributed by atoms with E-state index in [0.29, 0.717) is 0 Å². The lowest BCUT2D eigenvalue weighted by Crippen LogP contribution is -2.24. The van der Waals surface area contributed by atoms with Gasteiger partial charge in [0.25, 0.3) is 0 Å². The largest absolute Gasteiger partial charge is 0.478 e. The van der Waals surface area contributed by atoms with E-state index >= 15 is 0 Å². The molecule has 0 aliphatic heterocycles. The molecule has 0 unspecified atom stereocenters. The van der Waals surface area contributed by atoms with Crippen molar-refractivity contribution in [2.45, 2.75) is 6.61 Å². The molecule has 6 heteroatoms. The number of alkyl carbamates (subject to hydrolysis) is 1. The van der Waals surface area contributed by atoms with Gasteiger partial charge in [-0.25, -0.2) is 14.0 Å². The number of halogens is 1. The lowest BCUT2D eigenvalue weighted by molar-refractivity contribution is 0.0696. The van der Waals surface area contributed by atoms with E-state index in [1.807, 2.05) is 30.3 Å². The molecule has 24 heavy (non-hydrogen) atoms. The molecular formula is C18H16FNO4. The minimum atomic E-state index is -1.13. The van der Waals surface area contributed by atoms with Crippen molar-refractivity contribution >= 4 is 18.1 Å². The number of carbonyl (C=O) groups is 2. The zero-order chi connectivity index (χ0) is 17.4. The third kappa shape index (κ3) is 5.24. The molecule has 0 radical (unpaired) electrons. The Morgan fingerprint density at radius 1 is 1.17 bits per heavy atom. The number of amides is 1. The highest BCUT2D eigenvalue weighted by molar-refractivity contribution is 5.88. The second-order valence-corrected chi connectivity index (χ2v) is 4.89. The van der Waals surface area contributed by atoms with Gasteiger partial charge in [0.1, 0.15) is 12.4 Å². The van der Waals surface area contributed by atoms with Crippen molar-refractivity contribution in [2.24, 2.45) is 0 Å². The van der Waals surface area contributed by atoms with Gasteiger partial charge in [-0.15, -0.1) is 0 Å². The first-order chi connectivity index (χ1) is 11.6.